The quantitative estimate of drug-likeness (QED) is 0.732. The minimum Gasteiger partial charge on any atom is -0.324 e. The van der Waals surface area contributed by atoms with Crippen molar-refractivity contribution in [3.05, 3.63) is 30.1 Å². The standard InChI is InChI=1S/C25H38N4/c1-2-4-9-20(8-3-1)19-28-16-13-22(14-17-28)29-24-12-6-5-11-23(24)27-25(29)21-10-7-15-26-18-21/h5-6,11-12,20-22,26H,1-4,7-10,13-19H2/t21-/m0/s1. The second kappa shape index (κ2) is 9.18. The van der Waals surface area contributed by atoms with Crippen molar-refractivity contribution in [1.82, 2.24) is 19.8 Å². The Morgan fingerprint density at radius 2 is 1.69 bits per heavy atom. The predicted molar refractivity (Wildman–Crippen MR) is 120 cm³/mol. The van der Waals surface area contributed by atoms with E-state index < -0.39 is 0 Å². The molecule has 29 heavy (non-hydrogen) atoms. The van der Waals surface area contributed by atoms with Crippen molar-refractivity contribution >= 4 is 11.0 Å². The first-order valence-electron chi connectivity index (χ1n) is 12.3. The van der Waals surface area contributed by atoms with Gasteiger partial charge in [-0.1, -0.05) is 37.8 Å². The van der Waals surface area contributed by atoms with Gasteiger partial charge < -0.3 is 14.8 Å². The Balaban J connectivity index is 1.31. The summed E-state index contributed by atoms with van der Waals surface area (Å²) >= 11 is 0. The highest BCUT2D eigenvalue weighted by Gasteiger charge is 2.29. The minimum absolute atomic E-state index is 0.570. The number of piperidine rings is 2. The molecule has 2 saturated heterocycles. The summed E-state index contributed by atoms with van der Waals surface area (Å²) in [5.41, 5.74) is 2.55. The van der Waals surface area contributed by atoms with Crippen molar-refractivity contribution in [2.75, 3.05) is 32.7 Å². The molecule has 4 heteroatoms. The van der Waals surface area contributed by atoms with E-state index in [0.29, 0.717) is 12.0 Å². The lowest BCUT2D eigenvalue weighted by molar-refractivity contribution is 0.156. The summed E-state index contributed by atoms with van der Waals surface area (Å²) in [6, 6.07) is 9.43. The molecular formula is C25H38N4. The summed E-state index contributed by atoms with van der Waals surface area (Å²) in [5, 5.41) is 3.60. The fourth-order valence-corrected chi connectivity index (χ4v) is 6.08. The number of hydrogen-bond acceptors (Lipinski definition) is 3. The number of nitrogens with zero attached hydrogens (tertiary/aromatic N) is 3. The third-order valence-corrected chi connectivity index (χ3v) is 7.70. The van der Waals surface area contributed by atoms with Gasteiger partial charge in [0.05, 0.1) is 11.0 Å². The number of hydrogen-bond donors (Lipinski definition) is 1. The van der Waals surface area contributed by atoms with Crippen LogP contribution in [0.15, 0.2) is 24.3 Å². The van der Waals surface area contributed by atoms with Gasteiger partial charge in [0, 0.05) is 38.1 Å². The SMILES string of the molecule is c1ccc2c(c1)nc([C@H]1CCCNC1)n2C1CCN(CC2CCCCCC2)CC1. The molecule has 1 aromatic carbocycles. The lowest BCUT2D eigenvalue weighted by Crippen LogP contribution is -2.38. The van der Waals surface area contributed by atoms with Crippen molar-refractivity contribution in [2.45, 2.75) is 76.2 Å². The van der Waals surface area contributed by atoms with E-state index in [9.17, 15) is 0 Å². The zero-order valence-corrected chi connectivity index (χ0v) is 18.0. The Kier molecular flexibility index (Phi) is 6.19. The lowest BCUT2D eigenvalue weighted by atomic mass is 9.96. The van der Waals surface area contributed by atoms with Gasteiger partial charge in [0.25, 0.3) is 0 Å². The van der Waals surface area contributed by atoms with Crippen LogP contribution in [0.2, 0.25) is 0 Å². The molecule has 2 aliphatic heterocycles. The number of rotatable bonds is 4. The molecule has 2 aromatic rings. The molecule has 3 aliphatic rings. The lowest BCUT2D eigenvalue weighted by Gasteiger charge is -2.36. The molecule has 1 saturated carbocycles. The predicted octanol–water partition coefficient (Wildman–Crippen LogP) is 5.11. The zero-order valence-electron chi connectivity index (χ0n) is 18.0. The van der Waals surface area contributed by atoms with Gasteiger partial charge in [-0.2, -0.15) is 0 Å². The minimum atomic E-state index is 0.570. The van der Waals surface area contributed by atoms with Gasteiger partial charge in [-0.3, -0.25) is 0 Å². The third-order valence-electron chi connectivity index (χ3n) is 7.70. The summed E-state index contributed by atoms with van der Waals surface area (Å²) in [6.07, 6.45) is 13.9. The number of fused-ring (bicyclic) bond motifs is 1. The van der Waals surface area contributed by atoms with Gasteiger partial charge in [0.1, 0.15) is 5.82 Å². The topological polar surface area (TPSA) is 33.1 Å². The molecule has 0 bridgehead atoms. The monoisotopic (exact) mass is 394 g/mol. The molecule has 158 valence electrons. The Morgan fingerprint density at radius 3 is 2.45 bits per heavy atom. The van der Waals surface area contributed by atoms with E-state index in [2.05, 4.69) is 39.0 Å². The van der Waals surface area contributed by atoms with E-state index in [-0.39, 0.29) is 0 Å². The van der Waals surface area contributed by atoms with Crippen LogP contribution in [0.3, 0.4) is 0 Å². The van der Waals surface area contributed by atoms with Gasteiger partial charge in [-0.05, 0) is 63.1 Å². The molecule has 5 rings (SSSR count). The highest BCUT2D eigenvalue weighted by Crippen LogP contribution is 2.34. The molecule has 1 N–H and O–H groups in total. The summed E-state index contributed by atoms with van der Waals surface area (Å²) in [4.78, 5) is 7.92. The molecular weight excluding hydrogens is 356 g/mol. The number of nitrogens with one attached hydrogen (secondary N) is 1. The molecule has 0 radical (unpaired) electrons. The molecule has 1 aromatic heterocycles. The molecule has 1 atom stereocenters. The largest absolute Gasteiger partial charge is 0.324 e. The number of aromatic nitrogens is 2. The van der Waals surface area contributed by atoms with Crippen LogP contribution in [0, 0.1) is 5.92 Å². The Bertz CT molecular complexity index is 775. The van der Waals surface area contributed by atoms with E-state index in [1.54, 1.807) is 0 Å². The maximum atomic E-state index is 5.14. The average Bonchev–Trinajstić information content (AvgIpc) is 2.97. The highest BCUT2D eigenvalue weighted by molar-refractivity contribution is 5.76. The van der Waals surface area contributed by atoms with Crippen molar-refractivity contribution in [2.24, 2.45) is 5.92 Å². The van der Waals surface area contributed by atoms with E-state index in [0.717, 1.165) is 19.0 Å². The van der Waals surface area contributed by atoms with Gasteiger partial charge in [-0.15, -0.1) is 0 Å². The Hall–Kier alpha value is -1.39. The zero-order chi connectivity index (χ0) is 19.5. The van der Waals surface area contributed by atoms with Crippen LogP contribution in [0.25, 0.3) is 11.0 Å². The Morgan fingerprint density at radius 1 is 0.897 bits per heavy atom. The van der Waals surface area contributed by atoms with Crippen molar-refractivity contribution in [3.63, 3.8) is 0 Å². The number of likely N-dealkylation sites (tertiary alicyclic amines) is 1. The first-order valence-corrected chi connectivity index (χ1v) is 12.3. The molecule has 3 fully saturated rings. The van der Waals surface area contributed by atoms with Gasteiger partial charge in [0.2, 0.25) is 0 Å². The van der Waals surface area contributed by atoms with E-state index >= 15 is 0 Å². The summed E-state index contributed by atoms with van der Waals surface area (Å²) < 4.78 is 2.65. The van der Waals surface area contributed by atoms with Crippen LogP contribution < -0.4 is 5.32 Å². The fraction of sp³-hybridized carbons (Fsp3) is 0.720. The van der Waals surface area contributed by atoms with Crippen molar-refractivity contribution in [3.8, 4) is 0 Å². The first kappa shape index (κ1) is 19.6. The summed E-state index contributed by atoms with van der Waals surface area (Å²) in [5.74, 6) is 2.87. The normalized spacial score (nSPS) is 26.0. The van der Waals surface area contributed by atoms with Crippen LogP contribution in [-0.2, 0) is 0 Å². The first-order chi connectivity index (χ1) is 14.4. The number of imidazole rings is 1. The molecule has 4 nitrogen and oxygen atoms in total. The van der Waals surface area contributed by atoms with Crippen LogP contribution in [-0.4, -0.2) is 47.2 Å². The molecule has 0 amide bonds. The summed E-state index contributed by atoms with van der Waals surface area (Å²) in [6.45, 7) is 6.11. The van der Waals surface area contributed by atoms with Gasteiger partial charge >= 0.3 is 0 Å². The molecule has 3 heterocycles. The van der Waals surface area contributed by atoms with E-state index in [4.69, 9.17) is 4.98 Å². The van der Waals surface area contributed by atoms with Crippen LogP contribution in [0.4, 0.5) is 0 Å². The molecule has 0 unspecified atom stereocenters. The van der Waals surface area contributed by atoms with Crippen LogP contribution >= 0.6 is 0 Å². The Labute approximate surface area is 176 Å². The average molecular weight is 395 g/mol. The maximum absolute atomic E-state index is 5.14. The summed E-state index contributed by atoms with van der Waals surface area (Å²) in [7, 11) is 0. The van der Waals surface area contributed by atoms with Gasteiger partial charge in [-0.25, -0.2) is 4.98 Å². The fourth-order valence-electron chi connectivity index (χ4n) is 6.08. The number of para-hydroxylation sites is 2. The number of benzene rings is 1. The van der Waals surface area contributed by atoms with Gasteiger partial charge in [0.15, 0.2) is 0 Å². The molecule has 1 aliphatic carbocycles. The molecule has 0 spiro atoms. The second-order valence-corrected chi connectivity index (χ2v) is 9.76. The van der Waals surface area contributed by atoms with E-state index in [1.807, 2.05) is 0 Å². The highest BCUT2D eigenvalue weighted by atomic mass is 15.2. The maximum Gasteiger partial charge on any atom is 0.114 e. The van der Waals surface area contributed by atoms with Crippen molar-refractivity contribution in [1.29, 1.82) is 0 Å². The smallest absolute Gasteiger partial charge is 0.114 e. The van der Waals surface area contributed by atoms with Crippen molar-refractivity contribution < 1.29 is 0 Å². The third kappa shape index (κ3) is 4.39. The van der Waals surface area contributed by atoms with Crippen LogP contribution in [0.1, 0.15) is 82.0 Å². The van der Waals surface area contributed by atoms with Crippen LogP contribution in [0.5, 0.6) is 0 Å². The second-order valence-electron chi connectivity index (χ2n) is 9.76. The van der Waals surface area contributed by atoms with E-state index in [1.165, 1.54) is 101 Å².